The molecule has 0 saturated carbocycles. The molecule has 0 aliphatic carbocycles. The van der Waals surface area contributed by atoms with E-state index in [1.807, 2.05) is 0 Å². The molecule has 0 aromatic rings. The van der Waals surface area contributed by atoms with Crippen LogP contribution in [-0.2, 0) is 0 Å². The summed E-state index contributed by atoms with van der Waals surface area (Å²) in [5.41, 5.74) is 1.25. The lowest BCUT2D eigenvalue weighted by atomic mass is 10.0. The molecule has 0 atom stereocenters. The van der Waals surface area contributed by atoms with Gasteiger partial charge in [0.25, 0.3) is 0 Å². The summed E-state index contributed by atoms with van der Waals surface area (Å²) in [7, 11) is 0. The largest absolute Gasteiger partial charge is 0.0998 e. The first-order chi connectivity index (χ1) is 7.13. The molecule has 0 aromatic carbocycles. The molecule has 88 valence electrons. The minimum Gasteiger partial charge on any atom is -0.0998 e. The van der Waals surface area contributed by atoms with Crippen LogP contribution in [0, 0.1) is 5.92 Å². The topological polar surface area (TPSA) is 0 Å². The first-order valence-electron chi connectivity index (χ1n) is 6.42. The van der Waals surface area contributed by atoms with Gasteiger partial charge in [-0.25, -0.2) is 0 Å². The molecule has 0 heteroatoms. The van der Waals surface area contributed by atoms with Gasteiger partial charge in [0, 0.05) is 0 Å². The predicted molar refractivity (Wildman–Crippen MR) is 71.1 cm³/mol. The van der Waals surface area contributed by atoms with E-state index in [0.29, 0.717) is 0 Å². The Labute approximate surface area is 96.5 Å². The number of unbranched alkanes of at least 4 members (excludes halogenated alkanes) is 4. The van der Waals surface area contributed by atoms with E-state index in [0.717, 1.165) is 12.3 Å². The summed E-state index contributed by atoms with van der Waals surface area (Å²) in [6, 6.07) is 0. The SMILES string of the molecule is C=C(C)C/C=C\CCCCCCC(C)C. The Kier molecular flexibility index (Phi) is 9.67. The Morgan fingerprint density at radius 3 is 2.33 bits per heavy atom. The van der Waals surface area contributed by atoms with Gasteiger partial charge in [-0.3, -0.25) is 0 Å². The maximum Gasteiger partial charge on any atom is -0.0144 e. The summed E-state index contributed by atoms with van der Waals surface area (Å²) >= 11 is 0. The molecule has 0 spiro atoms. The second kappa shape index (κ2) is 10.0. The lowest BCUT2D eigenvalue weighted by Crippen LogP contribution is -1.86. The van der Waals surface area contributed by atoms with Crippen LogP contribution in [0.25, 0.3) is 0 Å². The van der Waals surface area contributed by atoms with Gasteiger partial charge >= 0.3 is 0 Å². The van der Waals surface area contributed by atoms with E-state index < -0.39 is 0 Å². The number of hydrogen-bond acceptors (Lipinski definition) is 0. The van der Waals surface area contributed by atoms with Gasteiger partial charge in [-0.15, -0.1) is 0 Å². The molecular weight excluding hydrogens is 180 g/mol. The quantitative estimate of drug-likeness (QED) is 0.346. The third-order valence-corrected chi connectivity index (χ3v) is 2.54. The first kappa shape index (κ1) is 14.5. The van der Waals surface area contributed by atoms with E-state index in [-0.39, 0.29) is 0 Å². The van der Waals surface area contributed by atoms with Crippen molar-refractivity contribution in [1.82, 2.24) is 0 Å². The third-order valence-electron chi connectivity index (χ3n) is 2.54. The molecule has 0 amide bonds. The van der Waals surface area contributed by atoms with Crippen molar-refractivity contribution in [3.8, 4) is 0 Å². The second-order valence-electron chi connectivity index (χ2n) is 5.02. The van der Waals surface area contributed by atoms with Gasteiger partial charge < -0.3 is 0 Å². The number of hydrogen-bond donors (Lipinski definition) is 0. The number of allylic oxidation sites excluding steroid dienone is 3. The molecule has 0 aromatic heterocycles. The Balaban J connectivity index is 3.11. The molecule has 0 rings (SSSR count). The molecule has 0 heterocycles. The fraction of sp³-hybridized carbons (Fsp3) is 0.733. The normalized spacial score (nSPS) is 11.5. The van der Waals surface area contributed by atoms with Crippen LogP contribution in [0.15, 0.2) is 24.3 Å². The molecule has 0 aliphatic rings. The summed E-state index contributed by atoms with van der Waals surface area (Å²) in [6.07, 6.45) is 13.8. The highest BCUT2D eigenvalue weighted by atomic mass is 14.0. The van der Waals surface area contributed by atoms with Crippen LogP contribution in [0.2, 0.25) is 0 Å². The van der Waals surface area contributed by atoms with E-state index in [2.05, 4.69) is 39.5 Å². The van der Waals surface area contributed by atoms with Crippen molar-refractivity contribution in [2.75, 3.05) is 0 Å². The van der Waals surface area contributed by atoms with Crippen molar-refractivity contribution in [3.05, 3.63) is 24.3 Å². The molecule has 0 unspecified atom stereocenters. The van der Waals surface area contributed by atoms with E-state index in [4.69, 9.17) is 0 Å². The minimum atomic E-state index is 0.875. The summed E-state index contributed by atoms with van der Waals surface area (Å²) in [4.78, 5) is 0. The molecule has 0 radical (unpaired) electrons. The van der Waals surface area contributed by atoms with E-state index >= 15 is 0 Å². The summed E-state index contributed by atoms with van der Waals surface area (Å²) in [6.45, 7) is 10.6. The summed E-state index contributed by atoms with van der Waals surface area (Å²) < 4.78 is 0. The smallest absolute Gasteiger partial charge is 0.0144 e. The lowest BCUT2D eigenvalue weighted by Gasteiger charge is -2.03. The van der Waals surface area contributed by atoms with Gasteiger partial charge in [-0.05, 0) is 32.1 Å². The average molecular weight is 208 g/mol. The van der Waals surface area contributed by atoms with Crippen molar-refractivity contribution >= 4 is 0 Å². The molecular formula is C15H28. The Hall–Kier alpha value is -0.520. The van der Waals surface area contributed by atoms with Gasteiger partial charge in [0.2, 0.25) is 0 Å². The van der Waals surface area contributed by atoms with E-state index in [9.17, 15) is 0 Å². The highest BCUT2D eigenvalue weighted by molar-refractivity contribution is 4.98. The van der Waals surface area contributed by atoms with Gasteiger partial charge in [0.1, 0.15) is 0 Å². The van der Waals surface area contributed by atoms with E-state index in [1.54, 1.807) is 0 Å². The molecule has 0 fully saturated rings. The third kappa shape index (κ3) is 13.5. The molecule has 0 N–H and O–H groups in total. The van der Waals surface area contributed by atoms with Gasteiger partial charge in [0.15, 0.2) is 0 Å². The Morgan fingerprint density at radius 2 is 1.73 bits per heavy atom. The minimum absolute atomic E-state index is 0.875. The van der Waals surface area contributed by atoms with Crippen molar-refractivity contribution in [1.29, 1.82) is 0 Å². The van der Waals surface area contributed by atoms with Crippen LogP contribution in [-0.4, -0.2) is 0 Å². The molecule has 0 aliphatic heterocycles. The maximum absolute atomic E-state index is 3.88. The number of rotatable bonds is 9. The van der Waals surface area contributed by atoms with Crippen LogP contribution in [0.5, 0.6) is 0 Å². The van der Waals surface area contributed by atoms with Crippen molar-refractivity contribution in [3.63, 3.8) is 0 Å². The second-order valence-corrected chi connectivity index (χ2v) is 5.02. The van der Waals surface area contributed by atoms with Crippen LogP contribution < -0.4 is 0 Å². The molecule has 0 bridgehead atoms. The van der Waals surface area contributed by atoms with Crippen molar-refractivity contribution in [2.24, 2.45) is 5.92 Å². The summed E-state index contributed by atoms with van der Waals surface area (Å²) in [5.74, 6) is 0.875. The van der Waals surface area contributed by atoms with E-state index in [1.165, 1.54) is 44.1 Å². The zero-order valence-electron chi connectivity index (χ0n) is 10.9. The standard InChI is InChI=1S/C15H28/c1-14(2)12-10-8-6-5-7-9-11-13-15(3)4/h8,10,15H,1,5-7,9,11-13H2,2-4H3/b10-8-. The fourth-order valence-electron chi connectivity index (χ4n) is 1.57. The maximum atomic E-state index is 3.88. The zero-order valence-corrected chi connectivity index (χ0v) is 10.9. The zero-order chi connectivity index (χ0) is 11.5. The molecule has 15 heavy (non-hydrogen) atoms. The lowest BCUT2D eigenvalue weighted by molar-refractivity contribution is 0.521. The molecule has 0 nitrogen and oxygen atoms in total. The van der Waals surface area contributed by atoms with Crippen LogP contribution in [0.4, 0.5) is 0 Å². The highest BCUT2D eigenvalue weighted by Gasteiger charge is 1.93. The van der Waals surface area contributed by atoms with Crippen LogP contribution in [0.1, 0.15) is 65.7 Å². The monoisotopic (exact) mass is 208 g/mol. The van der Waals surface area contributed by atoms with Crippen LogP contribution >= 0.6 is 0 Å². The van der Waals surface area contributed by atoms with Crippen LogP contribution in [0.3, 0.4) is 0 Å². The highest BCUT2D eigenvalue weighted by Crippen LogP contribution is 2.10. The van der Waals surface area contributed by atoms with Crippen molar-refractivity contribution < 1.29 is 0 Å². The Morgan fingerprint density at radius 1 is 1.07 bits per heavy atom. The predicted octanol–water partition coefficient (Wildman–Crippen LogP) is 5.51. The first-order valence-corrected chi connectivity index (χ1v) is 6.42. The Bertz CT molecular complexity index is 174. The van der Waals surface area contributed by atoms with Gasteiger partial charge in [-0.1, -0.05) is 63.8 Å². The van der Waals surface area contributed by atoms with Gasteiger partial charge in [0.05, 0.1) is 0 Å². The fourth-order valence-corrected chi connectivity index (χ4v) is 1.57. The average Bonchev–Trinajstić information content (AvgIpc) is 2.14. The molecule has 0 saturated heterocycles. The van der Waals surface area contributed by atoms with Crippen molar-refractivity contribution in [2.45, 2.75) is 65.7 Å². The summed E-state index contributed by atoms with van der Waals surface area (Å²) in [5, 5.41) is 0. The van der Waals surface area contributed by atoms with Gasteiger partial charge in [-0.2, -0.15) is 0 Å².